The number of nitrogens with zero attached hydrogens (tertiary/aromatic N) is 2. The lowest BCUT2D eigenvalue weighted by Crippen LogP contribution is -2.50. The molecule has 6 nitrogen and oxygen atoms in total. The van der Waals surface area contributed by atoms with Crippen LogP contribution in [0, 0.1) is 28.6 Å². The van der Waals surface area contributed by atoms with E-state index in [0.29, 0.717) is 23.6 Å². The summed E-state index contributed by atoms with van der Waals surface area (Å²) in [5.74, 6) is 2.02. The van der Waals surface area contributed by atoms with Gasteiger partial charge in [0.05, 0.1) is 13.3 Å². The van der Waals surface area contributed by atoms with Gasteiger partial charge in [-0.3, -0.25) is 9.59 Å². The third-order valence-corrected chi connectivity index (χ3v) is 9.23. The SMILES string of the molecule is COc1cn(C2=C(C=O)CC3C4CC=C5C[C@@H](OC(C)=O)CC[C@]5(C)C4CC[C@]23C)cn1. The molecule has 0 saturated heterocycles. The van der Waals surface area contributed by atoms with Crippen LogP contribution in [0.2, 0.25) is 0 Å². The number of allylic oxidation sites excluding steroid dienone is 3. The fourth-order valence-electron chi connectivity index (χ4n) is 7.75. The summed E-state index contributed by atoms with van der Waals surface area (Å²) in [6, 6.07) is 0. The van der Waals surface area contributed by atoms with Gasteiger partial charge in [0.2, 0.25) is 5.88 Å². The number of imidazole rings is 1. The Morgan fingerprint density at radius 2 is 1.97 bits per heavy atom. The zero-order valence-electron chi connectivity index (χ0n) is 19.6. The fraction of sp³-hybridized carbons (Fsp3) is 0.654. The van der Waals surface area contributed by atoms with Crippen LogP contribution in [0.4, 0.5) is 0 Å². The van der Waals surface area contributed by atoms with Crippen LogP contribution in [0.5, 0.6) is 5.88 Å². The second-order valence-electron chi connectivity index (χ2n) is 10.7. The largest absolute Gasteiger partial charge is 0.480 e. The second-order valence-corrected chi connectivity index (χ2v) is 10.7. The Morgan fingerprint density at radius 1 is 1.19 bits per heavy atom. The van der Waals surface area contributed by atoms with Gasteiger partial charge in [-0.05, 0) is 61.7 Å². The van der Waals surface area contributed by atoms with E-state index in [9.17, 15) is 9.59 Å². The van der Waals surface area contributed by atoms with Gasteiger partial charge < -0.3 is 14.0 Å². The van der Waals surface area contributed by atoms with Crippen LogP contribution < -0.4 is 4.74 Å². The predicted molar refractivity (Wildman–Crippen MR) is 121 cm³/mol. The molecule has 5 rings (SSSR count). The quantitative estimate of drug-likeness (QED) is 0.383. The van der Waals surface area contributed by atoms with Gasteiger partial charge in [-0.1, -0.05) is 25.5 Å². The maximum Gasteiger partial charge on any atom is 0.302 e. The molecule has 0 radical (unpaired) electrons. The van der Waals surface area contributed by atoms with Crippen LogP contribution in [0.1, 0.15) is 65.7 Å². The summed E-state index contributed by atoms with van der Waals surface area (Å²) in [6.45, 7) is 6.30. The standard InChI is InChI=1S/C26H34N2O4/c1-16(30)32-19-7-9-25(2)18(12-19)5-6-20-21(25)8-10-26(3)22(20)11-17(14-29)24(26)28-13-23(31-4)27-15-28/h5,13-15,19-22H,6-12H2,1-4H3/t19-,20?,21?,22?,25-,26-/m0/s1. The van der Waals surface area contributed by atoms with Crippen molar-refractivity contribution in [2.45, 2.75) is 71.8 Å². The summed E-state index contributed by atoms with van der Waals surface area (Å²) in [5, 5.41) is 0. The van der Waals surface area contributed by atoms with E-state index in [4.69, 9.17) is 9.47 Å². The lowest BCUT2D eigenvalue weighted by molar-refractivity contribution is -0.148. The smallest absolute Gasteiger partial charge is 0.302 e. The number of rotatable bonds is 4. The first-order chi connectivity index (χ1) is 15.3. The molecule has 0 aliphatic heterocycles. The highest BCUT2D eigenvalue weighted by atomic mass is 16.5. The molecule has 4 aliphatic rings. The molecule has 1 aromatic heterocycles. The Kier molecular flexibility index (Phi) is 5.10. The van der Waals surface area contributed by atoms with E-state index >= 15 is 0 Å². The number of carbonyl (C=O) groups excluding carboxylic acids is 2. The van der Waals surface area contributed by atoms with Crippen molar-refractivity contribution in [2.75, 3.05) is 7.11 Å². The summed E-state index contributed by atoms with van der Waals surface area (Å²) in [7, 11) is 1.62. The van der Waals surface area contributed by atoms with Crippen molar-refractivity contribution in [3.8, 4) is 5.88 Å². The first-order valence-corrected chi connectivity index (χ1v) is 11.9. The average molecular weight is 439 g/mol. The molecule has 6 heteroatoms. The zero-order chi connectivity index (χ0) is 22.7. The molecule has 0 amide bonds. The molecule has 0 bridgehead atoms. The van der Waals surface area contributed by atoms with Crippen molar-refractivity contribution in [1.82, 2.24) is 9.55 Å². The Balaban J connectivity index is 1.45. The average Bonchev–Trinajstić information content (AvgIpc) is 3.34. The molecule has 2 fully saturated rings. The molecular weight excluding hydrogens is 404 g/mol. The van der Waals surface area contributed by atoms with Gasteiger partial charge in [0.25, 0.3) is 0 Å². The molecule has 2 saturated carbocycles. The number of aromatic nitrogens is 2. The molecule has 1 heterocycles. The van der Waals surface area contributed by atoms with Crippen LogP contribution in [-0.4, -0.2) is 35.0 Å². The first-order valence-electron chi connectivity index (χ1n) is 11.9. The number of carbonyl (C=O) groups is 2. The Bertz CT molecular complexity index is 1010. The molecule has 3 unspecified atom stereocenters. The molecule has 6 atom stereocenters. The Morgan fingerprint density at radius 3 is 2.66 bits per heavy atom. The maximum absolute atomic E-state index is 12.2. The highest BCUT2D eigenvalue weighted by Gasteiger charge is 2.58. The lowest BCUT2D eigenvalue weighted by Gasteiger charge is -2.57. The van der Waals surface area contributed by atoms with Crippen LogP contribution >= 0.6 is 0 Å². The number of fused-ring (bicyclic) bond motifs is 5. The van der Waals surface area contributed by atoms with Gasteiger partial charge in [0.1, 0.15) is 18.7 Å². The third-order valence-electron chi connectivity index (χ3n) is 9.23. The van der Waals surface area contributed by atoms with Crippen LogP contribution in [-0.2, 0) is 14.3 Å². The molecule has 1 aromatic rings. The Hall–Kier alpha value is -2.37. The summed E-state index contributed by atoms with van der Waals surface area (Å²) >= 11 is 0. The van der Waals surface area contributed by atoms with Crippen molar-refractivity contribution in [1.29, 1.82) is 0 Å². The van der Waals surface area contributed by atoms with Gasteiger partial charge in [0.15, 0.2) is 0 Å². The first kappa shape index (κ1) is 21.5. The Labute approximate surface area is 190 Å². The van der Waals surface area contributed by atoms with E-state index in [2.05, 4.69) is 24.9 Å². The number of aldehydes is 1. The van der Waals surface area contributed by atoms with Crippen LogP contribution in [0.3, 0.4) is 0 Å². The highest BCUT2D eigenvalue weighted by molar-refractivity contribution is 5.86. The van der Waals surface area contributed by atoms with Crippen molar-refractivity contribution in [3.05, 3.63) is 29.7 Å². The highest BCUT2D eigenvalue weighted by Crippen LogP contribution is 2.66. The molecular formula is C26H34N2O4. The van der Waals surface area contributed by atoms with E-state index in [1.165, 1.54) is 12.5 Å². The second kappa shape index (κ2) is 7.60. The molecule has 4 aliphatic carbocycles. The fourth-order valence-corrected chi connectivity index (χ4v) is 7.75. The van der Waals surface area contributed by atoms with Gasteiger partial charge in [-0.15, -0.1) is 0 Å². The van der Waals surface area contributed by atoms with Gasteiger partial charge in [-0.2, -0.15) is 0 Å². The minimum absolute atomic E-state index is 0.0230. The van der Waals surface area contributed by atoms with E-state index in [-0.39, 0.29) is 22.9 Å². The van der Waals surface area contributed by atoms with Gasteiger partial charge in [0, 0.05) is 30.0 Å². The monoisotopic (exact) mass is 438 g/mol. The van der Waals surface area contributed by atoms with Gasteiger partial charge in [-0.25, -0.2) is 4.98 Å². The van der Waals surface area contributed by atoms with E-state index in [1.807, 2.05) is 10.8 Å². The normalized spacial score (nSPS) is 38.3. The maximum atomic E-state index is 12.2. The van der Waals surface area contributed by atoms with Crippen molar-refractivity contribution >= 4 is 18.0 Å². The van der Waals surface area contributed by atoms with Crippen molar-refractivity contribution in [2.24, 2.45) is 28.6 Å². The lowest BCUT2D eigenvalue weighted by atomic mass is 9.47. The molecule has 0 aromatic carbocycles. The zero-order valence-corrected chi connectivity index (χ0v) is 19.6. The van der Waals surface area contributed by atoms with Crippen molar-refractivity contribution in [3.63, 3.8) is 0 Å². The minimum Gasteiger partial charge on any atom is -0.480 e. The number of ether oxygens (including phenoxy) is 2. The number of hydrogen-bond acceptors (Lipinski definition) is 5. The third kappa shape index (κ3) is 3.09. The van der Waals surface area contributed by atoms with Gasteiger partial charge >= 0.3 is 5.97 Å². The van der Waals surface area contributed by atoms with E-state index in [0.717, 1.165) is 62.5 Å². The predicted octanol–water partition coefficient (Wildman–Crippen LogP) is 4.81. The number of methoxy groups -OCH3 is 1. The van der Waals surface area contributed by atoms with E-state index in [1.54, 1.807) is 13.4 Å². The number of esters is 1. The van der Waals surface area contributed by atoms with Crippen LogP contribution in [0.25, 0.3) is 5.70 Å². The molecule has 32 heavy (non-hydrogen) atoms. The van der Waals surface area contributed by atoms with Crippen LogP contribution in [0.15, 0.2) is 29.7 Å². The summed E-state index contributed by atoms with van der Waals surface area (Å²) in [4.78, 5) is 28.0. The summed E-state index contributed by atoms with van der Waals surface area (Å²) in [6.07, 6.45) is 14.2. The van der Waals surface area contributed by atoms with Crippen molar-refractivity contribution < 1.29 is 19.1 Å². The summed E-state index contributed by atoms with van der Waals surface area (Å²) < 4.78 is 12.9. The molecule has 0 N–H and O–H groups in total. The van der Waals surface area contributed by atoms with E-state index < -0.39 is 0 Å². The molecule has 172 valence electrons. The summed E-state index contributed by atoms with van der Waals surface area (Å²) in [5.41, 5.74) is 3.64. The minimum atomic E-state index is -0.177. The topological polar surface area (TPSA) is 70.4 Å². The number of hydrogen-bond donors (Lipinski definition) is 0. The molecule has 0 spiro atoms.